The van der Waals surface area contributed by atoms with E-state index >= 15 is 0 Å². The molecule has 1 fully saturated rings. The molecule has 0 aromatic heterocycles. The fraction of sp³-hybridized carbons (Fsp3) is 0.294. The molecule has 0 spiro atoms. The van der Waals surface area contributed by atoms with Crippen LogP contribution in [0.25, 0.3) is 0 Å². The van der Waals surface area contributed by atoms with Crippen molar-refractivity contribution in [3.8, 4) is 0 Å². The molecule has 20 heavy (non-hydrogen) atoms. The van der Waals surface area contributed by atoms with Crippen LogP contribution in [0.3, 0.4) is 0 Å². The molecule has 3 rings (SSSR count). The molecular formula is C17H19NO2. The summed E-state index contributed by atoms with van der Waals surface area (Å²) in [6.07, 6.45) is -0.00888. The lowest BCUT2D eigenvalue weighted by molar-refractivity contribution is 0.0695. The average Bonchev–Trinajstić information content (AvgIpc) is 2.85. The molecule has 3 heteroatoms. The van der Waals surface area contributed by atoms with Gasteiger partial charge in [-0.1, -0.05) is 48.5 Å². The number of para-hydroxylation sites is 1. The van der Waals surface area contributed by atoms with E-state index in [2.05, 4.69) is 12.1 Å². The molecule has 0 saturated carbocycles. The van der Waals surface area contributed by atoms with Crippen LogP contribution in [0.5, 0.6) is 0 Å². The minimum absolute atomic E-state index is 0.00888. The van der Waals surface area contributed by atoms with Crippen molar-refractivity contribution in [2.75, 3.05) is 11.7 Å². The number of hydrogen-bond acceptors (Lipinski definition) is 3. The van der Waals surface area contributed by atoms with E-state index in [1.54, 1.807) is 0 Å². The van der Waals surface area contributed by atoms with Crippen LogP contribution in [-0.2, 0) is 4.84 Å². The van der Waals surface area contributed by atoms with E-state index < -0.39 is 0 Å². The summed E-state index contributed by atoms with van der Waals surface area (Å²) in [5.41, 5.74) is 2.18. The lowest BCUT2D eigenvalue weighted by atomic mass is 9.90. The number of rotatable bonds is 3. The predicted octanol–water partition coefficient (Wildman–Crippen LogP) is 3.18. The van der Waals surface area contributed by atoms with Gasteiger partial charge in [0.05, 0.1) is 24.4 Å². The van der Waals surface area contributed by atoms with Gasteiger partial charge in [-0.2, -0.15) is 0 Å². The van der Waals surface area contributed by atoms with Gasteiger partial charge >= 0.3 is 0 Å². The molecule has 0 radical (unpaired) electrons. The van der Waals surface area contributed by atoms with Crippen molar-refractivity contribution in [1.29, 1.82) is 0 Å². The third kappa shape index (κ3) is 2.30. The summed E-state index contributed by atoms with van der Waals surface area (Å²) in [5, 5.41) is 11.7. The molecule has 1 saturated heterocycles. The number of anilines is 1. The van der Waals surface area contributed by atoms with Gasteiger partial charge in [-0.15, -0.1) is 0 Å². The molecule has 1 heterocycles. The van der Waals surface area contributed by atoms with Gasteiger partial charge in [-0.05, 0) is 24.6 Å². The highest BCUT2D eigenvalue weighted by Gasteiger charge is 2.41. The van der Waals surface area contributed by atoms with E-state index in [9.17, 15) is 5.11 Å². The Kier molecular flexibility index (Phi) is 3.72. The SMILES string of the molecule is C[C@H]1ON(c2ccccc2)[C@H](c2ccccc2)[C@@H]1CO. The number of hydroxylamine groups is 1. The number of benzene rings is 2. The van der Waals surface area contributed by atoms with E-state index in [1.165, 1.54) is 5.56 Å². The van der Waals surface area contributed by atoms with Gasteiger partial charge in [-0.25, -0.2) is 5.06 Å². The predicted molar refractivity (Wildman–Crippen MR) is 79.2 cm³/mol. The lowest BCUT2D eigenvalue weighted by Crippen LogP contribution is -2.25. The number of hydrogen-bond donors (Lipinski definition) is 1. The van der Waals surface area contributed by atoms with Gasteiger partial charge in [0.2, 0.25) is 0 Å². The second-order valence-corrected chi connectivity index (χ2v) is 5.17. The lowest BCUT2D eigenvalue weighted by Gasteiger charge is -2.27. The quantitative estimate of drug-likeness (QED) is 0.929. The highest BCUT2D eigenvalue weighted by atomic mass is 16.7. The topological polar surface area (TPSA) is 32.7 Å². The Balaban J connectivity index is 2.00. The molecule has 3 atom stereocenters. The Morgan fingerprint density at radius 3 is 2.20 bits per heavy atom. The van der Waals surface area contributed by atoms with E-state index in [-0.39, 0.29) is 24.7 Å². The largest absolute Gasteiger partial charge is 0.396 e. The van der Waals surface area contributed by atoms with Crippen LogP contribution in [0.15, 0.2) is 60.7 Å². The molecule has 0 amide bonds. The highest BCUT2D eigenvalue weighted by molar-refractivity contribution is 5.47. The second kappa shape index (κ2) is 5.65. The van der Waals surface area contributed by atoms with Crippen LogP contribution in [-0.4, -0.2) is 17.8 Å². The minimum Gasteiger partial charge on any atom is -0.396 e. The summed E-state index contributed by atoms with van der Waals surface area (Å²) in [4.78, 5) is 5.99. The molecule has 104 valence electrons. The zero-order chi connectivity index (χ0) is 13.9. The number of nitrogens with zero attached hydrogens (tertiary/aromatic N) is 1. The third-order valence-electron chi connectivity index (χ3n) is 3.90. The Morgan fingerprint density at radius 1 is 1.00 bits per heavy atom. The van der Waals surface area contributed by atoms with Gasteiger partial charge in [0.1, 0.15) is 0 Å². The molecule has 0 bridgehead atoms. The molecular weight excluding hydrogens is 250 g/mol. The van der Waals surface area contributed by atoms with Crippen LogP contribution in [0.4, 0.5) is 5.69 Å². The molecule has 0 aliphatic carbocycles. The summed E-state index contributed by atoms with van der Waals surface area (Å²) in [6.45, 7) is 2.13. The van der Waals surface area contributed by atoms with Gasteiger partial charge < -0.3 is 5.11 Å². The summed E-state index contributed by atoms with van der Waals surface area (Å²) in [7, 11) is 0. The zero-order valence-corrected chi connectivity index (χ0v) is 11.5. The van der Waals surface area contributed by atoms with Crippen molar-refractivity contribution < 1.29 is 9.94 Å². The van der Waals surface area contributed by atoms with E-state index in [4.69, 9.17) is 4.84 Å². The van der Waals surface area contributed by atoms with Crippen LogP contribution < -0.4 is 5.06 Å². The minimum atomic E-state index is -0.00888. The van der Waals surface area contributed by atoms with Crippen molar-refractivity contribution in [1.82, 2.24) is 0 Å². The van der Waals surface area contributed by atoms with Crippen LogP contribution >= 0.6 is 0 Å². The van der Waals surface area contributed by atoms with Crippen LogP contribution in [0.2, 0.25) is 0 Å². The van der Waals surface area contributed by atoms with Gasteiger partial charge in [0.15, 0.2) is 0 Å². The average molecular weight is 269 g/mol. The molecule has 3 nitrogen and oxygen atoms in total. The normalized spacial score (nSPS) is 25.9. The zero-order valence-electron chi connectivity index (χ0n) is 11.5. The highest BCUT2D eigenvalue weighted by Crippen LogP contribution is 2.41. The first kappa shape index (κ1) is 13.2. The summed E-state index contributed by atoms with van der Waals surface area (Å²) >= 11 is 0. The molecule has 2 aromatic rings. The Labute approximate surface area is 119 Å². The maximum Gasteiger partial charge on any atom is 0.0902 e. The fourth-order valence-electron chi connectivity index (χ4n) is 2.83. The Hall–Kier alpha value is -1.84. The Morgan fingerprint density at radius 2 is 1.60 bits per heavy atom. The van der Waals surface area contributed by atoms with Crippen LogP contribution in [0, 0.1) is 5.92 Å². The second-order valence-electron chi connectivity index (χ2n) is 5.17. The van der Waals surface area contributed by atoms with Gasteiger partial charge in [0, 0.05) is 5.92 Å². The van der Waals surface area contributed by atoms with Gasteiger partial charge in [-0.3, -0.25) is 4.84 Å². The first-order valence-electron chi connectivity index (χ1n) is 6.98. The number of aliphatic hydroxyl groups is 1. The van der Waals surface area contributed by atoms with Crippen molar-refractivity contribution in [3.05, 3.63) is 66.2 Å². The van der Waals surface area contributed by atoms with Crippen LogP contribution in [0.1, 0.15) is 18.5 Å². The Bertz CT molecular complexity index is 543. The summed E-state index contributed by atoms with van der Waals surface area (Å²) in [5.74, 6) is 0.0672. The van der Waals surface area contributed by atoms with E-state index in [0.717, 1.165) is 5.69 Å². The first-order chi connectivity index (χ1) is 9.81. The monoisotopic (exact) mass is 269 g/mol. The summed E-state index contributed by atoms with van der Waals surface area (Å²) in [6, 6.07) is 20.3. The smallest absolute Gasteiger partial charge is 0.0902 e. The van der Waals surface area contributed by atoms with Crippen molar-refractivity contribution in [2.24, 2.45) is 5.92 Å². The molecule has 1 aliphatic heterocycles. The standard InChI is InChI=1S/C17H19NO2/c1-13-16(12-19)17(14-8-4-2-5-9-14)18(20-13)15-10-6-3-7-11-15/h2-11,13,16-17,19H,12H2,1H3/t13-,16-,17-/m1/s1. The molecule has 1 aliphatic rings. The summed E-state index contributed by atoms with van der Waals surface area (Å²) < 4.78 is 0. The van der Waals surface area contributed by atoms with Crippen molar-refractivity contribution in [2.45, 2.75) is 19.1 Å². The molecule has 2 aromatic carbocycles. The maximum absolute atomic E-state index is 9.73. The van der Waals surface area contributed by atoms with Crippen molar-refractivity contribution in [3.63, 3.8) is 0 Å². The fourth-order valence-corrected chi connectivity index (χ4v) is 2.83. The maximum atomic E-state index is 9.73. The van der Waals surface area contributed by atoms with Crippen molar-refractivity contribution >= 4 is 5.69 Å². The molecule has 1 N–H and O–H groups in total. The third-order valence-corrected chi connectivity index (χ3v) is 3.90. The first-order valence-corrected chi connectivity index (χ1v) is 6.98. The number of aliphatic hydroxyl groups excluding tert-OH is 1. The van der Waals surface area contributed by atoms with E-state index in [0.29, 0.717) is 0 Å². The van der Waals surface area contributed by atoms with E-state index in [1.807, 2.05) is 60.5 Å². The van der Waals surface area contributed by atoms with Gasteiger partial charge in [0.25, 0.3) is 0 Å². The molecule has 0 unspecified atom stereocenters.